The van der Waals surface area contributed by atoms with Crippen LogP contribution in [0, 0.1) is 18.7 Å². The Labute approximate surface area is 128 Å². The highest BCUT2D eigenvalue weighted by Crippen LogP contribution is 2.30. The minimum atomic E-state index is -0.677. The second-order valence-electron chi connectivity index (χ2n) is 6.48. The third-order valence-corrected chi connectivity index (χ3v) is 3.50. The molecule has 1 atom stereocenters. The van der Waals surface area contributed by atoms with Gasteiger partial charge in [-0.3, -0.25) is 0 Å². The lowest BCUT2D eigenvalue weighted by Crippen LogP contribution is -2.35. The van der Waals surface area contributed by atoms with Gasteiger partial charge in [0, 0.05) is 30.9 Å². The van der Waals surface area contributed by atoms with Crippen molar-refractivity contribution in [3.63, 3.8) is 0 Å². The molecule has 1 rings (SSSR count). The van der Waals surface area contributed by atoms with Gasteiger partial charge in [0.15, 0.2) is 0 Å². The second kappa shape index (κ2) is 7.76. The Hall–Kier alpha value is -1.13. The summed E-state index contributed by atoms with van der Waals surface area (Å²) in [5.74, 6) is 0.242. The molecule has 1 aromatic carbocycles. The van der Waals surface area contributed by atoms with E-state index < -0.39 is 6.10 Å². The van der Waals surface area contributed by atoms with Crippen molar-refractivity contribution < 1.29 is 9.50 Å². The average molecular weight is 296 g/mol. The van der Waals surface area contributed by atoms with Crippen LogP contribution in [0.3, 0.4) is 0 Å². The fraction of sp³-hybridized carbons (Fsp3) is 0.647. The van der Waals surface area contributed by atoms with Gasteiger partial charge in [-0.15, -0.1) is 0 Å². The van der Waals surface area contributed by atoms with Crippen LogP contribution in [0.5, 0.6) is 0 Å². The van der Waals surface area contributed by atoms with Crippen molar-refractivity contribution in [3.8, 4) is 0 Å². The fourth-order valence-corrected chi connectivity index (χ4v) is 2.36. The molecule has 4 heteroatoms. The van der Waals surface area contributed by atoms with E-state index in [-0.39, 0.29) is 5.82 Å². The van der Waals surface area contributed by atoms with Crippen molar-refractivity contribution in [2.75, 3.05) is 38.6 Å². The van der Waals surface area contributed by atoms with Crippen LogP contribution in [0.2, 0.25) is 0 Å². The van der Waals surface area contributed by atoms with Crippen LogP contribution < -0.4 is 4.90 Å². The lowest BCUT2D eigenvalue weighted by atomic mass is 10.0. The molecule has 0 unspecified atom stereocenters. The van der Waals surface area contributed by atoms with Crippen LogP contribution in [-0.4, -0.2) is 43.7 Å². The molecule has 0 aliphatic rings. The molecule has 0 aliphatic heterocycles. The Balaban J connectivity index is 3.17. The lowest BCUT2D eigenvalue weighted by molar-refractivity contribution is 0.199. The molecule has 120 valence electrons. The predicted molar refractivity (Wildman–Crippen MR) is 87.4 cm³/mol. The number of rotatable bonds is 7. The number of aliphatic hydroxyl groups is 1. The summed E-state index contributed by atoms with van der Waals surface area (Å²) in [6.45, 7) is 10.5. The topological polar surface area (TPSA) is 26.7 Å². The Kier molecular flexibility index (Phi) is 6.62. The Morgan fingerprint density at radius 2 is 1.76 bits per heavy atom. The Bertz CT molecular complexity index is 458. The molecule has 0 heterocycles. The molecular weight excluding hydrogens is 267 g/mol. The largest absolute Gasteiger partial charge is 0.389 e. The molecule has 0 aliphatic carbocycles. The monoisotopic (exact) mass is 296 g/mol. The molecule has 0 aromatic heterocycles. The summed E-state index contributed by atoms with van der Waals surface area (Å²) in [6.07, 6.45) is -0.677. The van der Waals surface area contributed by atoms with Crippen LogP contribution in [0.4, 0.5) is 10.1 Å². The van der Waals surface area contributed by atoms with Gasteiger partial charge < -0.3 is 14.9 Å². The Morgan fingerprint density at radius 3 is 2.24 bits per heavy atom. The quantitative estimate of drug-likeness (QED) is 0.837. The van der Waals surface area contributed by atoms with Gasteiger partial charge in [-0.2, -0.15) is 0 Å². The molecule has 0 bridgehead atoms. The van der Waals surface area contributed by atoms with E-state index in [4.69, 9.17) is 0 Å². The maximum Gasteiger partial charge on any atom is 0.126 e. The molecule has 1 aromatic rings. The minimum absolute atomic E-state index is 0.258. The molecule has 0 amide bonds. The van der Waals surface area contributed by atoms with E-state index in [1.54, 1.807) is 13.8 Å². The van der Waals surface area contributed by atoms with E-state index in [9.17, 15) is 9.50 Å². The standard InChI is InChI=1S/C17H29FN2O/c1-12(2)11-20(8-7-19(5)6)17-9-13(3)16(18)10-15(17)14(4)21/h9-10,12,14,21H,7-8,11H2,1-6H3/t14-/m1/s1. The lowest BCUT2D eigenvalue weighted by Gasteiger charge is -2.31. The van der Waals surface area contributed by atoms with Crippen LogP contribution in [0.1, 0.15) is 38.0 Å². The smallest absolute Gasteiger partial charge is 0.126 e. The van der Waals surface area contributed by atoms with Gasteiger partial charge in [0.25, 0.3) is 0 Å². The third kappa shape index (κ3) is 5.29. The van der Waals surface area contributed by atoms with Crippen molar-refractivity contribution in [2.45, 2.75) is 33.8 Å². The van der Waals surface area contributed by atoms with Crippen LogP contribution in [-0.2, 0) is 0 Å². The third-order valence-electron chi connectivity index (χ3n) is 3.50. The zero-order chi connectivity index (χ0) is 16.2. The normalized spacial score (nSPS) is 13.0. The second-order valence-corrected chi connectivity index (χ2v) is 6.48. The van der Waals surface area contributed by atoms with Crippen molar-refractivity contribution >= 4 is 5.69 Å². The molecule has 0 saturated heterocycles. The van der Waals surface area contributed by atoms with E-state index >= 15 is 0 Å². The first kappa shape index (κ1) is 17.9. The van der Waals surface area contributed by atoms with Gasteiger partial charge in [0.2, 0.25) is 0 Å². The number of hydrogen-bond donors (Lipinski definition) is 1. The minimum Gasteiger partial charge on any atom is -0.389 e. The van der Waals surface area contributed by atoms with E-state index in [0.717, 1.165) is 25.3 Å². The van der Waals surface area contributed by atoms with Gasteiger partial charge >= 0.3 is 0 Å². The van der Waals surface area contributed by atoms with Crippen molar-refractivity contribution in [1.82, 2.24) is 4.90 Å². The number of nitrogens with zero attached hydrogens (tertiary/aromatic N) is 2. The number of hydrogen-bond acceptors (Lipinski definition) is 3. The summed E-state index contributed by atoms with van der Waals surface area (Å²) in [5.41, 5.74) is 2.23. The molecule has 21 heavy (non-hydrogen) atoms. The van der Waals surface area contributed by atoms with E-state index in [1.807, 2.05) is 20.2 Å². The first-order valence-electron chi connectivity index (χ1n) is 7.60. The SMILES string of the molecule is Cc1cc(N(CCN(C)C)CC(C)C)c([C@@H](C)O)cc1F. The molecule has 0 radical (unpaired) electrons. The zero-order valence-corrected chi connectivity index (χ0v) is 14.2. The summed E-state index contributed by atoms with van der Waals surface area (Å²) in [7, 11) is 4.08. The summed E-state index contributed by atoms with van der Waals surface area (Å²) < 4.78 is 13.8. The highest BCUT2D eigenvalue weighted by molar-refractivity contribution is 5.57. The first-order valence-corrected chi connectivity index (χ1v) is 7.60. The first-order chi connectivity index (χ1) is 9.72. The number of benzene rings is 1. The number of halogens is 1. The van der Waals surface area contributed by atoms with Gasteiger partial charge in [0.05, 0.1) is 6.10 Å². The highest BCUT2D eigenvalue weighted by atomic mass is 19.1. The van der Waals surface area contributed by atoms with E-state index in [1.165, 1.54) is 6.07 Å². The molecule has 1 N–H and O–H groups in total. The van der Waals surface area contributed by atoms with Crippen molar-refractivity contribution in [3.05, 3.63) is 29.1 Å². The summed E-state index contributed by atoms with van der Waals surface area (Å²) in [4.78, 5) is 4.38. The van der Waals surface area contributed by atoms with Crippen LogP contribution in [0.25, 0.3) is 0 Å². The molecular formula is C17H29FN2O. The zero-order valence-electron chi connectivity index (χ0n) is 14.2. The fourth-order valence-electron chi connectivity index (χ4n) is 2.36. The highest BCUT2D eigenvalue weighted by Gasteiger charge is 2.18. The predicted octanol–water partition coefficient (Wildman–Crippen LogP) is 3.21. The van der Waals surface area contributed by atoms with Gasteiger partial charge in [-0.25, -0.2) is 4.39 Å². The van der Waals surface area contributed by atoms with Gasteiger partial charge in [0.1, 0.15) is 5.82 Å². The summed E-state index contributed by atoms with van der Waals surface area (Å²) in [5, 5.41) is 9.98. The number of likely N-dealkylation sites (N-methyl/N-ethyl adjacent to an activating group) is 1. The van der Waals surface area contributed by atoms with Crippen LogP contribution in [0.15, 0.2) is 12.1 Å². The average Bonchev–Trinajstić information content (AvgIpc) is 2.36. The number of aliphatic hydroxyl groups excluding tert-OH is 1. The van der Waals surface area contributed by atoms with Crippen LogP contribution >= 0.6 is 0 Å². The molecule has 3 nitrogen and oxygen atoms in total. The maximum absolute atomic E-state index is 13.8. The number of aryl methyl sites for hydroxylation is 1. The summed E-state index contributed by atoms with van der Waals surface area (Å²) in [6, 6.07) is 3.33. The number of anilines is 1. The Morgan fingerprint density at radius 1 is 1.14 bits per heavy atom. The van der Waals surface area contributed by atoms with E-state index in [0.29, 0.717) is 17.0 Å². The molecule has 0 fully saturated rings. The molecule has 0 saturated carbocycles. The van der Waals surface area contributed by atoms with Crippen molar-refractivity contribution in [2.24, 2.45) is 5.92 Å². The molecule has 0 spiro atoms. The van der Waals surface area contributed by atoms with E-state index in [2.05, 4.69) is 23.6 Å². The van der Waals surface area contributed by atoms with Gasteiger partial charge in [-0.05, 0) is 51.6 Å². The van der Waals surface area contributed by atoms with Crippen molar-refractivity contribution in [1.29, 1.82) is 0 Å². The van der Waals surface area contributed by atoms with Gasteiger partial charge in [-0.1, -0.05) is 13.8 Å². The summed E-state index contributed by atoms with van der Waals surface area (Å²) >= 11 is 0. The maximum atomic E-state index is 13.8.